The quantitative estimate of drug-likeness (QED) is 0.635. The van der Waals surface area contributed by atoms with E-state index in [2.05, 4.69) is 6.08 Å². The van der Waals surface area contributed by atoms with Crippen molar-refractivity contribution in [1.82, 2.24) is 0 Å². The van der Waals surface area contributed by atoms with Crippen LogP contribution in [0.2, 0.25) is 0 Å². The minimum Gasteiger partial charge on any atom is -0.389 e. The minimum atomic E-state index is -0.401. The van der Waals surface area contributed by atoms with Crippen molar-refractivity contribution in [2.45, 2.75) is 27.2 Å². The fourth-order valence-electron chi connectivity index (χ4n) is 1.68. The van der Waals surface area contributed by atoms with Crippen LogP contribution >= 0.6 is 0 Å². The van der Waals surface area contributed by atoms with Gasteiger partial charge in [-0.25, -0.2) is 0 Å². The average molecular weight is 168 g/mol. The van der Waals surface area contributed by atoms with Gasteiger partial charge in [-0.05, 0) is 11.8 Å². The molecule has 0 aromatic heterocycles. The van der Waals surface area contributed by atoms with Gasteiger partial charge in [0.2, 0.25) is 0 Å². The SMILES string of the molecule is CC1(C)C=CC[C@@]1(C)C(=O)CO. The van der Waals surface area contributed by atoms with Gasteiger partial charge in [0, 0.05) is 5.41 Å². The molecule has 0 aromatic rings. The van der Waals surface area contributed by atoms with Gasteiger partial charge < -0.3 is 5.11 Å². The Bertz CT molecular complexity index is 228. The van der Waals surface area contributed by atoms with Crippen molar-refractivity contribution in [2.75, 3.05) is 6.61 Å². The van der Waals surface area contributed by atoms with E-state index in [1.165, 1.54) is 0 Å². The van der Waals surface area contributed by atoms with Crippen LogP contribution in [-0.2, 0) is 4.79 Å². The van der Waals surface area contributed by atoms with Gasteiger partial charge in [0.1, 0.15) is 6.61 Å². The Labute approximate surface area is 73.3 Å². The molecule has 0 saturated carbocycles. The second-order valence-electron chi connectivity index (χ2n) is 4.24. The summed E-state index contributed by atoms with van der Waals surface area (Å²) < 4.78 is 0. The number of hydrogen-bond donors (Lipinski definition) is 1. The monoisotopic (exact) mass is 168 g/mol. The standard InChI is InChI=1S/C10H16O2/c1-9(2)5-4-6-10(9,3)8(12)7-11/h4-5,11H,6-7H2,1-3H3/t10-/m0/s1. The largest absolute Gasteiger partial charge is 0.389 e. The zero-order valence-electron chi connectivity index (χ0n) is 7.92. The predicted molar refractivity (Wildman–Crippen MR) is 47.7 cm³/mol. The molecule has 0 unspecified atom stereocenters. The molecule has 0 saturated heterocycles. The number of carbonyl (C=O) groups excluding carboxylic acids is 1. The smallest absolute Gasteiger partial charge is 0.165 e. The lowest BCUT2D eigenvalue weighted by molar-refractivity contribution is -0.134. The zero-order valence-corrected chi connectivity index (χ0v) is 7.92. The van der Waals surface area contributed by atoms with Gasteiger partial charge in [0.25, 0.3) is 0 Å². The molecule has 12 heavy (non-hydrogen) atoms. The molecular weight excluding hydrogens is 152 g/mol. The highest BCUT2D eigenvalue weighted by molar-refractivity contribution is 5.87. The van der Waals surface area contributed by atoms with Crippen LogP contribution in [0.5, 0.6) is 0 Å². The van der Waals surface area contributed by atoms with Crippen LogP contribution in [0.15, 0.2) is 12.2 Å². The molecule has 0 spiro atoms. The molecule has 68 valence electrons. The molecular formula is C10H16O2. The molecule has 0 aliphatic heterocycles. The molecule has 1 atom stereocenters. The maximum Gasteiger partial charge on any atom is 0.165 e. The van der Waals surface area contributed by atoms with Crippen molar-refractivity contribution in [1.29, 1.82) is 0 Å². The molecule has 0 fully saturated rings. The first-order valence-corrected chi connectivity index (χ1v) is 4.26. The fourth-order valence-corrected chi connectivity index (χ4v) is 1.68. The summed E-state index contributed by atoms with van der Waals surface area (Å²) in [5.41, 5.74) is -0.519. The molecule has 2 heteroatoms. The van der Waals surface area contributed by atoms with E-state index in [0.717, 1.165) is 6.42 Å². The molecule has 0 amide bonds. The third-order valence-electron chi connectivity index (χ3n) is 3.24. The Balaban J connectivity index is 2.94. The van der Waals surface area contributed by atoms with Crippen molar-refractivity contribution in [2.24, 2.45) is 10.8 Å². The van der Waals surface area contributed by atoms with Crippen LogP contribution in [0.3, 0.4) is 0 Å². The molecule has 1 aliphatic rings. The van der Waals surface area contributed by atoms with Crippen LogP contribution in [0.25, 0.3) is 0 Å². The van der Waals surface area contributed by atoms with Gasteiger partial charge >= 0.3 is 0 Å². The molecule has 2 nitrogen and oxygen atoms in total. The first-order chi connectivity index (χ1) is 5.44. The first-order valence-electron chi connectivity index (χ1n) is 4.26. The zero-order chi connectivity index (χ0) is 9.41. The number of hydrogen-bond acceptors (Lipinski definition) is 2. The number of aliphatic hydroxyl groups excluding tert-OH is 1. The van der Waals surface area contributed by atoms with Gasteiger partial charge in [-0.15, -0.1) is 0 Å². The van der Waals surface area contributed by atoms with E-state index in [1.54, 1.807) is 0 Å². The lowest BCUT2D eigenvalue weighted by Gasteiger charge is -2.36. The number of allylic oxidation sites excluding steroid dienone is 2. The number of Topliss-reactive ketones (excluding diaryl/α,β-unsaturated/α-hetero) is 1. The molecule has 0 radical (unpaired) electrons. The Morgan fingerprint density at radius 1 is 1.50 bits per heavy atom. The van der Waals surface area contributed by atoms with Crippen molar-refractivity contribution in [3.05, 3.63) is 12.2 Å². The van der Waals surface area contributed by atoms with Gasteiger partial charge in [0.05, 0.1) is 0 Å². The van der Waals surface area contributed by atoms with Crippen LogP contribution in [-0.4, -0.2) is 17.5 Å². The van der Waals surface area contributed by atoms with E-state index < -0.39 is 5.41 Å². The third-order valence-corrected chi connectivity index (χ3v) is 3.24. The number of ketones is 1. The van der Waals surface area contributed by atoms with E-state index in [1.807, 2.05) is 26.8 Å². The van der Waals surface area contributed by atoms with Crippen molar-refractivity contribution in [3.8, 4) is 0 Å². The minimum absolute atomic E-state index is 0.0579. The Morgan fingerprint density at radius 2 is 2.08 bits per heavy atom. The van der Waals surface area contributed by atoms with Gasteiger partial charge in [-0.1, -0.05) is 32.9 Å². The van der Waals surface area contributed by atoms with Crippen LogP contribution in [0.1, 0.15) is 27.2 Å². The van der Waals surface area contributed by atoms with Crippen molar-refractivity contribution < 1.29 is 9.90 Å². The molecule has 0 heterocycles. The summed E-state index contributed by atoms with van der Waals surface area (Å²) in [6.07, 6.45) is 4.83. The fraction of sp³-hybridized carbons (Fsp3) is 0.700. The Hall–Kier alpha value is -0.630. The molecule has 1 rings (SSSR count). The van der Waals surface area contributed by atoms with Crippen LogP contribution in [0.4, 0.5) is 0 Å². The molecule has 0 aromatic carbocycles. The normalized spacial score (nSPS) is 32.3. The predicted octanol–water partition coefficient (Wildman–Crippen LogP) is 1.54. The van der Waals surface area contributed by atoms with Crippen LogP contribution in [0, 0.1) is 10.8 Å². The number of carbonyl (C=O) groups is 1. The highest BCUT2D eigenvalue weighted by Gasteiger charge is 2.46. The summed E-state index contributed by atoms with van der Waals surface area (Å²) in [7, 11) is 0. The molecule has 1 aliphatic carbocycles. The molecule has 0 bridgehead atoms. The summed E-state index contributed by atoms with van der Waals surface area (Å²) in [6, 6.07) is 0. The van der Waals surface area contributed by atoms with Gasteiger partial charge in [-0.2, -0.15) is 0 Å². The van der Waals surface area contributed by atoms with Gasteiger partial charge in [0.15, 0.2) is 5.78 Å². The van der Waals surface area contributed by atoms with E-state index in [-0.39, 0.29) is 17.8 Å². The topological polar surface area (TPSA) is 37.3 Å². The second-order valence-corrected chi connectivity index (χ2v) is 4.24. The van der Waals surface area contributed by atoms with Crippen molar-refractivity contribution in [3.63, 3.8) is 0 Å². The number of rotatable bonds is 2. The van der Waals surface area contributed by atoms with E-state index in [9.17, 15) is 4.79 Å². The van der Waals surface area contributed by atoms with Crippen LogP contribution < -0.4 is 0 Å². The summed E-state index contributed by atoms with van der Waals surface area (Å²) in [5, 5.41) is 8.82. The third kappa shape index (κ3) is 1.11. The summed E-state index contributed by atoms with van der Waals surface area (Å²) >= 11 is 0. The summed E-state index contributed by atoms with van der Waals surface area (Å²) in [5.74, 6) is -0.0579. The molecule has 1 N–H and O–H groups in total. The van der Waals surface area contributed by atoms with Gasteiger partial charge in [-0.3, -0.25) is 4.79 Å². The Morgan fingerprint density at radius 3 is 2.42 bits per heavy atom. The number of aliphatic hydroxyl groups is 1. The summed E-state index contributed by atoms with van der Waals surface area (Å²) in [4.78, 5) is 11.5. The lowest BCUT2D eigenvalue weighted by atomic mass is 9.66. The highest BCUT2D eigenvalue weighted by atomic mass is 16.3. The van der Waals surface area contributed by atoms with Crippen molar-refractivity contribution >= 4 is 5.78 Å². The first kappa shape index (κ1) is 9.46. The maximum absolute atomic E-state index is 11.5. The maximum atomic E-state index is 11.5. The summed E-state index contributed by atoms with van der Waals surface area (Å²) in [6.45, 7) is 5.64. The van der Waals surface area contributed by atoms with E-state index >= 15 is 0 Å². The highest BCUT2D eigenvalue weighted by Crippen LogP contribution is 2.48. The van der Waals surface area contributed by atoms with E-state index in [4.69, 9.17) is 5.11 Å². The van der Waals surface area contributed by atoms with E-state index in [0.29, 0.717) is 0 Å². The Kier molecular flexibility index (Phi) is 2.13. The second kappa shape index (κ2) is 2.70. The average Bonchev–Trinajstić information content (AvgIpc) is 2.26. The lowest BCUT2D eigenvalue weighted by Crippen LogP contribution is -2.39.